The third-order valence-electron chi connectivity index (χ3n) is 6.69. The average Bonchev–Trinajstić information content (AvgIpc) is 3.60. The van der Waals surface area contributed by atoms with Gasteiger partial charge in [-0.1, -0.05) is 18.2 Å². The van der Waals surface area contributed by atoms with Crippen LogP contribution in [0, 0.1) is 17.7 Å². The van der Waals surface area contributed by atoms with Crippen LogP contribution in [0.25, 0.3) is 0 Å². The predicted octanol–water partition coefficient (Wildman–Crippen LogP) is 2.60. The summed E-state index contributed by atoms with van der Waals surface area (Å²) in [5.74, 6) is 0.549. The van der Waals surface area contributed by atoms with Crippen molar-refractivity contribution in [1.29, 1.82) is 0 Å². The average molecular weight is 402 g/mol. The second-order valence-electron chi connectivity index (χ2n) is 8.80. The van der Waals surface area contributed by atoms with Crippen LogP contribution in [0.1, 0.15) is 44.1 Å². The zero-order valence-corrected chi connectivity index (χ0v) is 17.1. The number of hydrogen-bond donors (Lipinski definition) is 1. The monoisotopic (exact) mass is 401 g/mol. The van der Waals surface area contributed by atoms with Gasteiger partial charge in [0.25, 0.3) is 0 Å². The Kier molecular flexibility index (Phi) is 6.48. The van der Waals surface area contributed by atoms with E-state index < -0.39 is 0 Å². The zero-order chi connectivity index (χ0) is 20.2. The number of likely N-dealkylation sites (tertiary alicyclic amines) is 2. The highest BCUT2D eigenvalue weighted by Crippen LogP contribution is 2.32. The van der Waals surface area contributed by atoms with Crippen molar-refractivity contribution in [2.75, 3.05) is 32.7 Å². The molecule has 1 unspecified atom stereocenters. The maximum atomic E-state index is 13.7. The molecule has 0 aromatic heterocycles. The molecule has 2 amide bonds. The summed E-state index contributed by atoms with van der Waals surface area (Å²) in [7, 11) is 0. The molecule has 2 saturated heterocycles. The molecule has 158 valence electrons. The molecule has 1 saturated carbocycles. The number of nitrogens with zero attached hydrogens (tertiary/aromatic N) is 2. The van der Waals surface area contributed by atoms with Gasteiger partial charge in [-0.2, -0.15) is 0 Å². The maximum absolute atomic E-state index is 13.7. The molecule has 1 aromatic carbocycles. The van der Waals surface area contributed by atoms with E-state index in [1.807, 2.05) is 11.0 Å². The van der Waals surface area contributed by atoms with Crippen LogP contribution in [-0.2, 0) is 16.0 Å². The summed E-state index contributed by atoms with van der Waals surface area (Å²) < 4.78 is 13.7. The highest BCUT2D eigenvalue weighted by Gasteiger charge is 2.37. The lowest BCUT2D eigenvalue weighted by atomic mass is 9.93. The number of hydrogen-bond acceptors (Lipinski definition) is 3. The number of piperidine rings is 2. The molecule has 1 aliphatic carbocycles. The minimum absolute atomic E-state index is 0.00972. The quantitative estimate of drug-likeness (QED) is 0.797. The first kappa shape index (κ1) is 20.3. The van der Waals surface area contributed by atoms with Gasteiger partial charge < -0.3 is 10.2 Å². The van der Waals surface area contributed by atoms with E-state index in [1.165, 1.54) is 6.07 Å². The molecule has 1 N–H and O–H groups in total. The molecule has 0 spiro atoms. The third kappa shape index (κ3) is 5.16. The second-order valence-corrected chi connectivity index (χ2v) is 8.80. The number of benzene rings is 1. The van der Waals surface area contributed by atoms with Crippen molar-refractivity contribution in [3.8, 4) is 0 Å². The Hall–Kier alpha value is -1.95. The summed E-state index contributed by atoms with van der Waals surface area (Å²) in [5, 5.41) is 3.01. The lowest BCUT2D eigenvalue weighted by Crippen LogP contribution is -2.51. The Morgan fingerprint density at radius 3 is 2.48 bits per heavy atom. The van der Waals surface area contributed by atoms with Crippen molar-refractivity contribution in [2.24, 2.45) is 11.8 Å². The first-order valence-electron chi connectivity index (χ1n) is 11.2. The summed E-state index contributed by atoms with van der Waals surface area (Å²) in [5.41, 5.74) is 0.644. The summed E-state index contributed by atoms with van der Waals surface area (Å²) in [6.07, 6.45) is 6.63. The van der Waals surface area contributed by atoms with Crippen LogP contribution in [0.2, 0.25) is 0 Å². The minimum Gasteiger partial charge on any atom is -0.355 e. The number of halogens is 1. The smallest absolute Gasteiger partial charge is 0.225 e. The van der Waals surface area contributed by atoms with Crippen LogP contribution < -0.4 is 5.32 Å². The van der Waals surface area contributed by atoms with Gasteiger partial charge in [-0.05, 0) is 63.1 Å². The fraction of sp³-hybridized carbons (Fsp3) is 0.652. The Balaban J connectivity index is 1.21. The number of amides is 2. The Bertz CT molecular complexity index is 729. The molecule has 1 aromatic rings. The van der Waals surface area contributed by atoms with E-state index in [2.05, 4.69) is 10.2 Å². The normalized spacial score (nSPS) is 23.8. The predicted molar refractivity (Wildman–Crippen MR) is 110 cm³/mol. The number of carbonyl (C=O) groups excluding carboxylic acids is 2. The molecule has 4 rings (SSSR count). The van der Waals surface area contributed by atoms with Crippen LogP contribution >= 0.6 is 0 Å². The molecule has 3 aliphatic rings. The first-order valence-corrected chi connectivity index (χ1v) is 11.2. The van der Waals surface area contributed by atoms with E-state index in [9.17, 15) is 14.0 Å². The Labute approximate surface area is 172 Å². The minimum atomic E-state index is -0.211. The first-order chi connectivity index (χ1) is 14.1. The van der Waals surface area contributed by atoms with Gasteiger partial charge in [-0.3, -0.25) is 14.5 Å². The summed E-state index contributed by atoms with van der Waals surface area (Å²) in [6.45, 7) is 4.02. The van der Waals surface area contributed by atoms with Crippen molar-refractivity contribution in [3.63, 3.8) is 0 Å². The van der Waals surface area contributed by atoms with Gasteiger partial charge in [0.1, 0.15) is 5.82 Å². The molecule has 0 radical (unpaired) electrons. The third-order valence-corrected chi connectivity index (χ3v) is 6.69. The fourth-order valence-electron chi connectivity index (χ4n) is 4.76. The van der Waals surface area contributed by atoms with Gasteiger partial charge in [0, 0.05) is 38.1 Å². The van der Waals surface area contributed by atoms with E-state index in [1.54, 1.807) is 12.1 Å². The summed E-state index contributed by atoms with van der Waals surface area (Å²) in [6, 6.07) is 7.21. The van der Waals surface area contributed by atoms with E-state index in [4.69, 9.17) is 0 Å². The number of rotatable bonds is 6. The molecule has 2 heterocycles. The van der Waals surface area contributed by atoms with Crippen LogP contribution in [-0.4, -0.2) is 60.4 Å². The fourth-order valence-corrected chi connectivity index (χ4v) is 4.76. The molecular weight excluding hydrogens is 369 g/mol. The second kappa shape index (κ2) is 9.24. The zero-order valence-electron chi connectivity index (χ0n) is 17.1. The molecule has 5 nitrogen and oxygen atoms in total. The van der Waals surface area contributed by atoms with E-state index in [0.717, 1.165) is 64.7 Å². The van der Waals surface area contributed by atoms with E-state index in [-0.39, 0.29) is 17.6 Å². The van der Waals surface area contributed by atoms with Crippen molar-refractivity contribution in [1.82, 2.24) is 15.1 Å². The van der Waals surface area contributed by atoms with Crippen molar-refractivity contribution in [3.05, 3.63) is 35.6 Å². The molecule has 1 atom stereocenters. The van der Waals surface area contributed by atoms with E-state index in [0.29, 0.717) is 36.4 Å². The lowest BCUT2D eigenvalue weighted by molar-refractivity contribution is -0.134. The van der Waals surface area contributed by atoms with Gasteiger partial charge in [0.2, 0.25) is 11.8 Å². The molecule has 0 bridgehead atoms. The topological polar surface area (TPSA) is 52.7 Å². The van der Waals surface area contributed by atoms with Crippen molar-refractivity contribution >= 4 is 11.8 Å². The van der Waals surface area contributed by atoms with Crippen LogP contribution in [0.3, 0.4) is 0 Å². The molecule has 29 heavy (non-hydrogen) atoms. The van der Waals surface area contributed by atoms with Gasteiger partial charge in [0.05, 0.1) is 5.92 Å². The van der Waals surface area contributed by atoms with E-state index >= 15 is 0 Å². The van der Waals surface area contributed by atoms with Gasteiger partial charge in [-0.15, -0.1) is 0 Å². The highest BCUT2D eigenvalue weighted by atomic mass is 19.1. The molecular formula is C23H32FN3O2. The number of carbonyl (C=O) groups is 2. The van der Waals surface area contributed by atoms with Crippen LogP contribution in [0.4, 0.5) is 4.39 Å². The van der Waals surface area contributed by atoms with Crippen molar-refractivity contribution < 1.29 is 14.0 Å². The summed E-state index contributed by atoms with van der Waals surface area (Å²) >= 11 is 0. The van der Waals surface area contributed by atoms with Crippen molar-refractivity contribution in [2.45, 2.75) is 51.0 Å². The molecule has 3 fully saturated rings. The molecule has 2 aliphatic heterocycles. The largest absolute Gasteiger partial charge is 0.355 e. The van der Waals surface area contributed by atoms with Gasteiger partial charge in [-0.25, -0.2) is 4.39 Å². The standard InChI is InChI=1S/C23H32FN3O2/c24-21-6-2-1-4-17(21)9-12-25-22(28)19-5-3-13-27(16-19)20-10-14-26(15-11-20)23(29)18-7-8-18/h1-2,4,6,18-20H,3,5,7-16H2,(H,25,28). The van der Waals surface area contributed by atoms with Gasteiger partial charge >= 0.3 is 0 Å². The van der Waals surface area contributed by atoms with Crippen LogP contribution in [0.15, 0.2) is 24.3 Å². The maximum Gasteiger partial charge on any atom is 0.225 e. The van der Waals surface area contributed by atoms with Crippen LogP contribution in [0.5, 0.6) is 0 Å². The van der Waals surface area contributed by atoms with Gasteiger partial charge in [0.15, 0.2) is 0 Å². The molecule has 6 heteroatoms. The SMILES string of the molecule is O=C(NCCc1ccccc1F)C1CCCN(C2CCN(C(=O)C3CC3)CC2)C1. The lowest BCUT2D eigenvalue weighted by Gasteiger charge is -2.42. The summed E-state index contributed by atoms with van der Waals surface area (Å²) in [4.78, 5) is 29.4. The Morgan fingerprint density at radius 2 is 1.76 bits per heavy atom. The highest BCUT2D eigenvalue weighted by molar-refractivity contribution is 5.81. The Morgan fingerprint density at radius 1 is 1.00 bits per heavy atom. The number of nitrogens with one attached hydrogen (secondary N) is 1.